The Hall–Kier alpha value is -5.74. The van der Waals surface area contributed by atoms with E-state index in [1.54, 1.807) is 29.3 Å². The van der Waals surface area contributed by atoms with Crippen LogP contribution in [-0.4, -0.2) is 132 Å². The third-order valence-electron chi connectivity index (χ3n) is 13.8. The van der Waals surface area contributed by atoms with Gasteiger partial charge in [-0.05, 0) is 56.2 Å². The second-order valence-corrected chi connectivity index (χ2v) is 17.5. The molecule has 4 aromatic heterocycles. The summed E-state index contributed by atoms with van der Waals surface area (Å²) in [6.45, 7) is 2.79. The van der Waals surface area contributed by atoms with Crippen LogP contribution in [0, 0.1) is 5.82 Å². The first-order valence-corrected chi connectivity index (χ1v) is 21.7. The van der Waals surface area contributed by atoms with Crippen molar-refractivity contribution in [1.29, 1.82) is 0 Å². The minimum absolute atomic E-state index is 0.0176. The van der Waals surface area contributed by atoms with Crippen molar-refractivity contribution in [3.05, 3.63) is 69.9 Å². The number of imide groups is 1. The number of halogens is 5. The van der Waals surface area contributed by atoms with Crippen molar-refractivity contribution >= 4 is 45.9 Å². The molecule has 2 atom stereocenters. The molecule has 5 fully saturated rings. The van der Waals surface area contributed by atoms with Crippen LogP contribution in [0.4, 0.5) is 33.5 Å². The van der Waals surface area contributed by atoms with E-state index in [1.807, 2.05) is 9.80 Å². The summed E-state index contributed by atoms with van der Waals surface area (Å²) >= 11 is 0. The molecule has 10 rings (SSSR count). The van der Waals surface area contributed by atoms with E-state index in [2.05, 4.69) is 25.8 Å². The molecular weight excluding hydrogens is 848 g/mol. The average Bonchev–Trinajstić information content (AvgIpc) is 3.96. The number of hydrogen-bond donors (Lipinski definition) is 2. The molecule has 2 N–H and O–H groups in total. The van der Waals surface area contributed by atoms with Crippen LogP contribution in [0.3, 0.4) is 0 Å². The van der Waals surface area contributed by atoms with E-state index in [4.69, 9.17) is 4.74 Å². The number of aryl methyl sites for hydroxylation is 1. The standard InChI is InChI=1S/C42H47F5N12O5/c1-53-36-29(59(41(53)63)30-8-9-33(60)51-40(30)62)7-6-26(34(36)43)23-19-56(20-23)31-10-12-55(22-42(31,46)47)24-2-4-25(5-3-24)58-21-28(35(52-58)37(44)45)49-39(61)27-18-48-57-13-11-32(50-38(27)57)54-14-16-64-17-15-54/h6-7,11,13,18,21,23-25,30-31,37H,2-5,8-10,12,14-17,19-20,22H2,1H3,(H,49,61)(H,51,60,62)/t24-,25-,30?,31?. The van der Waals surface area contributed by atoms with Gasteiger partial charge in [-0.3, -0.25) is 43.3 Å². The van der Waals surface area contributed by atoms with E-state index < -0.39 is 65.9 Å². The van der Waals surface area contributed by atoms with Crippen molar-refractivity contribution in [1.82, 2.24) is 48.6 Å². The Kier molecular flexibility index (Phi) is 10.8. The third-order valence-corrected chi connectivity index (χ3v) is 13.8. The highest BCUT2D eigenvalue weighted by Crippen LogP contribution is 2.42. The number of benzene rings is 1. The molecule has 8 heterocycles. The summed E-state index contributed by atoms with van der Waals surface area (Å²) in [5.74, 6) is -5.13. The minimum atomic E-state index is -3.05. The van der Waals surface area contributed by atoms with Crippen molar-refractivity contribution in [2.24, 2.45) is 7.05 Å². The van der Waals surface area contributed by atoms with Gasteiger partial charge in [-0.1, -0.05) is 6.07 Å². The molecule has 1 aromatic carbocycles. The monoisotopic (exact) mass is 894 g/mol. The van der Waals surface area contributed by atoms with Crippen molar-refractivity contribution in [2.75, 3.05) is 62.7 Å². The van der Waals surface area contributed by atoms with Crippen molar-refractivity contribution in [3.63, 3.8) is 0 Å². The average molecular weight is 895 g/mol. The lowest BCUT2D eigenvalue weighted by molar-refractivity contribution is -0.151. The number of fused-ring (bicyclic) bond motifs is 2. The van der Waals surface area contributed by atoms with Crippen LogP contribution in [0.15, 0.2) is 41.6 Å². The first-order valence-electron chi connectivity index (χ1n) is 21.7. The van der Waals surface area contributed by atoms with Crippen LogP contribution in [-0.2, 0) is 21.4 Å². The number of morpholine rings is 1. The van der Waals surface area contributed by atoms with E-state index in [-0.39, 0.29) is 78.3 Å². The van der Waals surface area contributed by atoms with Gasteiger partial charge in [-0.2, -0.15) is 10.2 Å². The molecule has 22 heteroatoms. The van der Waals surface area contributed by atoms with E-state index in [1.165, 1.54) is 33.2 Å². The minimum Gasteiger partial charge on any atom is -0.378 e. The fourth-order valence-corrected chi connectivity index (χ4v) is 10.4. The summed E-state index contributed by atoms with van der Waals surface area (Å²) in [7, 11) is 1.41. The van der Waals surface area contributed by atoms with Gasteiger partial charge in [-0.15, -0.1) is 0 Å². The number of amides is 3. The Morgan fingerprint density at radius 1 is 0.969 bits per heavy atom. The molecule has 0 radical (unpaired) electrons. The molecule has 5 aliphatic rings. The maximum atomic E-state index is 16.1. The highest BCUT2D eigenvalue weighted by atomic mass is 19.3. The zero-order valence-corrected chi connectivity index (χ0v) is 34.9. The lowest BCUT2D eigenvalue weighted by atomic mass is 9.84. The molecule has 0 bridgehead atoms. The number of imidazole rings is 1. The number of aromatic nitrogens is 7. The molecule has 5 aromatic rings. The topological polar surface area (TPSA) is 169 Å². The molecule has 1 aliphatic carbocycles. The summed E-state index contributed by atoms with van der Waals surface area (Å²) in [5, 5.41) is 13.2. The van der Waals surface area contributed by atoms with Gasteiger partial charge in [0, 0.05) is 70.5 Å². The summed E-state index contributed by atoms with van der Waals surface area (Å²) in [6, 6.07) is 2.51. The molecule has 17 nitrogen and oxygen atoms in total. The van der Waals surface area contributed by atoms with Gasteiger partial charge in [0.2, 0.25) is 11.8 Å². The molecule has 2 unspecified atom stereocenters. The number of carbonyl (C=O) groups is 3. The Balaban J connectivity index is 0.752. The number of piperidine rings is 2. The van der Waals surface area contributed by atoms with Crippen molar-refractivity contribution in [3.8, 4) is 0 Å². The zero-order chi connectivity index (χ0) is 44.6. The van der Waals surface area contributed by atoms with Crippen LogP contribution in [0.25, 0.3) is 16.7 Å². The second kappa shape index (κ2) is 16.4. The SMILES string of the molecule is Cn1c(=O)n(C2CCC(=O)NC2=O)c2ccc(C3CN(C4CCN([C@H]5CC[C@H](n6cc(NC(=O)c7cnn8ccc(N9CCOCC9)nc78)c(C(F)F)n6)CC5)CC4(F)F)C3)c(F)c21. The number of carbonyl (C=O) groups excluding carboxylic acids is 3. The highest BCUT2D eigenvalue weighted by molar-refractivity contribution is 6.08. The predicted octanol–water partition coefficient (Wildman–Crippen LogP) is 4.02. The molecule has 64 heavy (non-hydrogen) atoms. The number of nitrogens with one attached hydrogen (secondary N) is 2. The first kappa shape index (κ1) is 42.2. The van der Waals surface area contributed by atoms with Crippen LogP contribution in [0.2, 0.25) is 0 Å². The molecule has 4 aliphatic heterocycles. The van der Waals surface area contributed by atoms with Gasteiger partial charge in [-0.25, -0.2) is 36.2 Å². The lowest BCUT2D eigenvalue weighted by Crippen LogP contribution is -2.64. The maximum absolute atomic E-state index is 16.1. The van der Waals surface area contributed by atoms with Crippen molar-refractivity contribution in [2.45, 2.75) is 87.4 Å². The van der Waals surface area contributed by atoms with Crippen LogP contribution in [0.5, 0.6) is 0 Å². The van der Waals surface area contributed by atoms with Crippen LogP contribution < -0.4 is 21.2 Å². The van der Waals surface area contributed by atoms with E-state index >= 15 is 13.2 Å². The number of anilines is 2. The molecular formula is C42H47F5N12O5. The molecule has 4 saturated heterocycles. The third kappa shape index (κ3) is 7.41. The number of hydrogen-bond acceptors (Lipinski definition) is 11. The Labute approximate surface area is 362 Å². The van der Waals surface area contributed by atoms with Crippen molar-refractivity contribution < 1.29 is 41.1 Å². The fourth-order valence-electron chi connectivity index (χ4n) is 10.4. The Morgan fingerprint density at radius 3 is 2.44 bits per heavy atom. The zero-order valence-electron chi connectivity index (χ0n) is 34.9. The number of rotatable bonds is 9. The van der Waals surface area contributed by atoms with E-state index in [0.717, 1.165) is 4.57 Å². The van der Waals surface area contributed by atoms with Gasteiger partial charge >= 0.3 is 5.69 Å². The first-order chi connectivity index (χ1) is 30.8. The Morgan fingerprint density at radius 2 is 1.72 bits per heavy atom. The Bertz CT molecular complexity index is 2690. The summed E-state index contributed by atoms with van der Waals surface area (Å²) < 4.78 is 87.3. The number of nitrogens with zero attached hydrogens (tertiary/aromatic N) is 10. The number of likely N-dealkylation sites (tertiary alicyclic amines) is 2. The maximum Gasteiger partial charge on any atom is 0.329 e. The normalized spacial score (nSPS) is 25.0. The van der Waals surface area contributed by atoms with Gasteiger partial charge in [0.1, 0.15) is 22.9 Å². The molecule has 3 amide bonds. The van der Waals surface area contributed by atoms with Gasteiger partial charge < -0.3 is 15.0 Å². The number of alkyl halides is 4. The largest absolute Gasteiger partial charge is 0.378 e. The highest BCUT2D eigenvalue weighted by Gasteiger charge is 2.52. The summed E-state index contributed by atoms with van der Waals surface area (Å²) in [5.41, 5.74) is -0.350. The van der Waals surface area contributed by atoms with Crippen LogP contribution >= 0.6 is 0 Å². The number of ether oxygens (including phenoxy) is 1. The predicted molar refractivity (Wildman–Crippen MR) is 220 cm³/mol. The fraction of sp³-hybridized carbons (Fsp3) is 0.548. The van der Waals surface area contributed by atoms with Gasteiger partial charge in [0.05, 0.1) is 49.2 Å². The molecule has 1 saturated carbocycles. The van der Waals surface area contributed by atoms with Crippen LogP contribution in [0.1, 0.15) is 91.0 Å². The molecule has 0 spiro atoms. The van der Waals surface area contributed by atoms with Gasteiger partial charge in [0.25, 0.3) is 18.3 Å². The molecule has 340 valence electrons. The van der Waals surface area contributed by atoms with E-state index in [9.17, 15) is 28.0 Å². The summed E-state index contributed by atoms with van der Waals surface area (Å²) in [4.78, 5) is 61.1. The quantitative estimate of drug-likeness (QED) is 0.162. The smallest absolute Gasteiger partial charge is 0.329 e. The second-order valence-electron chi connectivity index (χ2n) is 17.5. The summed E-state index contributed by atoms with van der Waals surface area (Å²) in [6.07, 6.45) is 3.97. The van der Waals surface area contributed by atoms with E-state index in [0.29, 0.717) is 69.9 Å². The lowest BCUT2D eigenvalue weighted by Gasteiger charge is -2.51. The van der Waals surface area contributed by atoms with Gasteiger partial charge in [0.15, 0.2) is 17.2 Å².